The zero-order valence-electron chi connectivity index (χ0n) is 18.9. The quantitative estimate of drug-likeness (QED) is 0.644. The zero-order valence-corrected chi connectivity index (χ0v) is 18.9. The summed E-state index contributed by atoms with van der Waals surface area (Å²) in [7, 11) is 0. The SMILES string of the molecule is CC1(C)CC(N)(C(=O)NC2(C(=O)O)CC(C)(C)N([O])C(C)(C)C2)CC(C)(C)N1[O]. The molecule has 0 aromatic carbocycles. The number of amides is 1. The molecule has 1 amide bonds. The zero-order chi connectivity index (χ0) is 22.8. The fourth-order valence-electron chi connectivity index (χ4n) is 5.87. The number of nitrogens with zero attached hydrogens (tertiary/aromatic N) is 2. The maximum Gasteiger partial charge on any atom is 0.329 e. The number of rotatable bonds is 3. The Morgan fingerprint density at radius 2 is 1.07 bits per heavy atom. The standard InChI is InChI=1S/C20H36N4O5/c1-15(2)9-19(21,10-16(3,4)23(15)28)13(25)22-20(14(26)27)11-17(5,6)24(29)18(7,8)12-20/h9-12,21H2,1-8H3,(H,22,25)(H,26,27). The number of hydrogen-bond acceptors (Lipinski definition) is 5. The molecule has 0 spiro atoms. The fraction of sp³-hybridized carbons (Fsp3) is 0.900. The summed E-state index contributed by atoms with van der Waals surface area (Å²) in [5.41, 5.74) is -0.280. The van der Waals surface area contributed by atoms with Gasteiger partial charge >= 0.3 is 5.97 Å². The summed E-state index contributed by atoms with van der Waals surface area (Å²) in [5.74, 6) is -1.79. The summed E-state index contributed by atoms with van der Waals surface area (Å²) in [6.07, 6.45) is 0.0823. The molecule has 2 fully saturated rings. The molecule has 0 bridgehead atoms. The summed E-state index contributed by atoms with van der Waals surface area (Å²) in [6.45, 7) is 13.6. The van der Waals surface area contributed by atoms with E-state index in [9.17, 15) is 25.1 Å². The van der Waals surface area contributed by atoms with Gasteiger partial charge in [-0.2, -0.15) is 0 Å². The van der Waals surface area contributed by atoms with E-state index in [2.05, 4.69) is 5.32 Å². The highest BCUT2D eigenvalue weighted by atomic mass is 16.5. The van der Waals surface area contributed by atoms with E-state index < -0.39 is 45.1 Å². The number of nitrogens with two attached hydrogens (primary N) is 1. The van der Waals surface area contributed by atoms with Gasteiger partial charge in [0.05, 0.1) is 5.54 Å². The molecule has 2 heterocycles. The van der Waals surface area contributed by atoms with Crippen LogP contribution >= 0.6 is 0 Å². The van der Waals surface area contributed by atoms with E-state index in [-0.39, 0.29) is 25.7 Å². The van der Waals surface area contributed by atoms with E-state index in [0.29, 0.717) is 0 Å². The fourth-order valence-corrected chi connectivity index (χ4v) is 5.87. The molecule has 0 aromatic rings. The van der Waals surface area contributed by atoms with Crippen molar-refractivity contribution in [3.8, 4) is 0 Å². The van der Waals surface area contributed by atoms with Gasteiger partial charge in [-0.05, 0) is 68.2 Å². The van der Waals surface area contributed by atoms with Crippen molar-refractivity contribution in [3.05, 3.63) is 0 Å². The van der Waals surface area contributed by atoms with Crippen LogP contribution in [0.5, 0.6) is 0 Å². The van der Waals surface area contributed by atoms with Gasteiger partial charge in [-0.25, -0.2) is 4.79 Å². The minimum atomic E-state index is -1.62. The molecule has 2 rings (SSSR count). The summed E-state index contributed by atoms with van der Waals surface area (Å²) in [6, 6.07) is 0. The topological polar surface area (TPSA) is 139 Å². The second-order valence-corrected chi connectivity index (χ2v) is 11.5. The first-order chi connectivity index (χ1) is 12.7. The number of carboxylic acid groups (broad SMARTS) is 1. The second kappa shape index (κ2) is 6.62. The van der Waals surface area contributed by atoms with Gasteiger partial charge in [-0.3, -0.25) is 4.79 Å². The number of aliphatic carboxylic acids is 1. The number of hydrogen-bond donors (Lipinski definition) is 3. The normalized spacial score (nSPS) is 29.8. The lowest BCUT2D eigenvalue weighted by atomic mass is 9.68. The molecule has 0 saturated carbocycles. The van der Waals surface area contributed by atoms with Crippen LogP contribution in [-0.4, -0.2) is 60.3 Å². The molecule has 2 aliphatic heterocycles. The van der Waals surface area contributed by atoms with Crippen LogP contribution < -0.4 is 11.1 Å². The molecule has 2 aliphatic rings. The molecular formula is C20H36N4O5. The third-order valence-electron chi connectivity index (χ3n) is 6.38. The van der Waals surface area contributed by atoms with Gasteiger partial charge in [0.25, 0.3) is 0 Å². The van der Waals surface area contributed by atoms with Crippen molar-refractivity contribution >= 4 is 11.9 Å². The van der Waals surface area contributed by atoms with E-state index in [0.717, 1.165) is 10.1 Å². The third kappa shape index (κ3) is 4.03. The summed E-state index contributed by atoms with van der Waals surface area (Å²) < 4.78 is 0. The molecule has 2 radical (unpaired) electrons. The Balaban J connectivity index is 2.41. The third-order valence-corrected chi connectivity index (χ3v) is 6.38. The highest BCUT2D eigenvalue weighted by Gasteiger charge is 2.60. The van der Waals surface area contributed by atoms with Crippen LogP contribution in [0.1, 0.15) is 81.1 Å². The highest BCUT2D eigenvalue weighted by molar-refractivity contribution is 5.92. The van der Waals surface area contributed by atoms with Gasteiger partial charge in [0.15, 0.2) is 0 Å². The Hall–Kier alpha value is -1.26. The average molecular weight is 413 g/mol. The first kappa shape index (κ1) is 24.0. The predicted molar refractivity (Wildman–Crippen MR) is 105 cm³/mol. The predicted octanol–water partition coefficient (Wildman–Crippen LogP) is 1.62. The van der Waals surface area contributed by atoms with Crippen LogP contribution in [0.4, 0.5) is 0 Å². The lowest BCUT2D eigenvalue weighted by Gasteiger charge is -2.56. The summed E-state index contributed by atoms with van der Waals surface area (Å²) in [4.78, 5) is 25.7. The number of carbonyl (C=O) groups is 2. The van der Waals surface area contributed by atoms with Crippen molar-refractivity contribution in [2.75, 3.05) is 0 Å². The molecule has 2 saturated heterocycles. The van der Waals surface area contributed by atoms with Gasteiger partial charge in [0.2, 0.25) is 5.91 Å². The lowest BCUT2D eigenvalue weighted by molar-refractivity contribution is -0.298. The first-order valence-corrected chi connectivity index (χ1v) is 10.0. The molecule has 29 heavy (non-hydrogen) atoms. The van der Waals surface area contributed by atoms with Crippen LogP contribution in [0, 0.1) is 0 Å². The summed E-state index contributed by atoms with van der Waals surface area (Å²) >= 11 is 0. The number of carboxylic acids is 1. The van der Waals surface area contributed by atoms with Gasteiger partial charge < -0.3 is 16.2 Å². The average Bonchev–Trinajstić information content (AvgIpc) is 2.48. The number of nitrogens with one attached hydrogen (secondary N) is 1. The molecule has 9 nitrogen and oxygen atoms in total. The van der Waals surface area contributed by atoms with Gasteiger partial charge in [-0.15, -0.1) is 20.5 Å². The number of carbonyl (C=O) groups excluding carboxylic acids is 1. The van der Waals surface area contributed by atoms with Crippen molar-refractivity contribution in [3.63, 3.8) is 0 Å². The van der Waals surface area contributed by atoms with E-state index in [1.54, 1.807) is 55.4 Å². The Morgan fingerprint density at radius 1 is 0.759 bits per heavy atom. The van der Waals surface area contributed by atoms with Crippen molar-refractivity contribution < 1.29 is 25.1 Å². The van der Waals surface area contributed by atoms with E-state index in [4.69, 9.17) is 5.73 Å². The van der Waals surface area contributed by atoms with Crippen molar-refractivity contribution in [2.45, 2.75) is 114 Å². The van der Waals surface area contributed by atoms with E-state index in [1.807, 2.05) is 0 Å². The van der Waals surface area contributed by atoms with Crippen molar-refractivity contribution in [2.24, 2.45) is 5.73 Å². The molecule has 0 aromatic heterocycles. The van der Waals surface area contributed by atoms with Crippen LogP contribution in [0.3, 0.4) is 0 Å². The van der Waals surface area contributed by atoms with Crippen LogP contribution in [-0.2, 0) is 20.0 Å². The lowest BCUT2D eigenvalue weighted by Crippen LogP contribution is -2.75. The largest absolute Gasteiger partial charge is 0.480 e. The molecular weight excluding hydrogens is 376 g/mol. The Kier molecular flexibility index (Phi) is 5.48. The van der Waals surface area contributed by atoms with Crippen LogP contribution in [0.25, 0.3) is 0 Å². The maximum absolute atomic E-state index is 13.4. The Labute approximate surface area is 173 Å². The molecule has 0 aliphatic carbocycles. The highest BCUT2D eigenvalue weighted by Crippen LogP contribution is 2.45. The number of hydroxylamine groups is 4. The molecule has 9 heteroatoms. The maximum atomic E-state index is 13.4. The van der Waals surface area contributed by atoms with E-state index >= 15 is 0 Å². The Bertz CT molecular complexity index is 665. The monoisotopic (exact) mass is 412 g/mol. The van der Waals surface area contributed by atoms with Crippen LogP contribution in [0.15, 0.2) is 0 Å². The smallest absolute Gasteiger partial charge is 0.329 e. The van der Waals surface area contributed by atoms with Gasteiger partial charge in [-0.1, -0.05) is 0 Å². The number of piperidine rings is 2. The molecule has 0 unspecified atom stereocenters. The Morgan fingerprint density at radius 3 is 1.38 bits per heavy atom. The van der Waals surface area contributed by atoms with Crippen molar-refractivity contribution in [1.29, 1.82) is 0 Å². The van der Waals surface area contributed by atoms with Crippen LogP contribution in [0.2, 0.25) is 0 Å². The minimum absolute atomic E-state index is 0.0510. The molecule has 166 valence electrons. The molecule has 4 N–H and O–H groups in total. The molecule has 0 atom stereocenters. The van der Waals surface area contributed by atoms with E-state index in [1.165, 1.54) is 0 Å². The van der Waals surface area contributed by atoms with Gasteiger partial charge in [0.1, 0.15) is 5.54 Å². The first-order valence-electron chi connectivity index (χ1n) is 10.0. The summed E-state index contributed by atoms with van der Waals surface area (Å²) in [5, 5.41) is 40.0. The van der Waals surface area contributed by atoms with Gasteiger partial charge in [0, 0.05) is 35.0 Å². The minimum Gasteiger partial charge on any atom is -0.480 e. The van der Waals surface area contributed by atoms with Crippen molar-refractivity contribution in [1.82, 2.24) is 15.4 Å². The second-order valence-electron chi connectivity index (χ2n) is 11.5.